The van der Waals surface area contributed by atoms with Crippen molar-refractivity contribution in [1.82, 2.24) is 0 Å². The molecule has 0 saturated carbocycles. The van der Waals surface area contributed by atoms with Crippen LogP contribution in [0.2, 0.25) is 0 Å². The molecular weight excluding hydrogens is 265 g/mol. The molecule has 0 aromatic heterocycles. The zero-order valence-corrected chi connectivity index (χ0v) is 13.0. The van der Waals surface area contributed by atoms with Gasteiger partial charge in [0.25, 0.3) is 0 Å². The smallest absolute Gasteiger partial charge is 0.389 e. The van der Waals surface area contributed by atoms with Crippen molar-refractivity contribution in [1.29, 1.82) is 0 Å². The minimum Gasteiger partial charge on any atom is -0.412 e. The van der Waals surface area contributed by atoms with Crippen LogP contribution in [0.3, 0.4) is 0 Å². The Morgan fingerprint density at radius 1 is 0.550 bits per heavy atom. The number of rotatable bonds is 13. The van der Waals surface area contributed by atoms with E-state index in [4.69, 9.17) is 0 Å². The molecule has 0 saturated heterocycles. The second kappa shape index (κ2) is 15.1. The molecule has 0 aliphatic carbocycles. The third kappa shape index (κ3) is 20.1. The fourth-order valence-corrected chi connectivity index (χ4v) is 2.34. The highest BCUT2D eigenvalue weighted by molar-refractivity contribution is 4.52. The van der Waals surface area contributed by atoms with Crippen molar-refractivity contribution in [2.24, 2.45) is 0 Å². The maximum Gasteiger partial charge on any atom is 0.389 e. The van der Waals surface area contributed by atoms with Crippen molar-refractivity contribution in [2.45, 2.75) is 103 Å². The summed E-state index contributed by atoms with van der Waals surface area (Å²) in [6.45, 7) is 2.23. The highest BCUT2D eigenvalue weighted by Crippen LogP contribution is 2.23. The summed E-state index contributed by atoms with van der Waals surface area (Å²) in [5, 5.41) is 0. The maximum atomic E-state index is 11.9. The largest absolute Gasteiger partial charge is 0.412 e. The maximum absolute atomic E-state index is 11.9. The first kappa shape index (κ1) is 22.0. The minimum atomic E-state index is -3.96. The standard InChI is InChI=1S/C16H31F3.H2O/c1-2-3-4-5-6-7-8-9-10-11-12-13-14-15-16(17,18)19;/h2-15H2,1H3;1H2. The van der Waals surface area contributed by atoms with Gasteiger partial charge < -0.3 is 5.48 Å². The second-order valence-electron chi connectivity index (χ2n) is 5.61. The monoisotopic (exact) mass is 298 g/mol. The molecule has 0 amide bonds. The molecule has 0 atom stereocenters. The van der Waals surface area contributed by atoms with Crippen LogP contribution in [0.15, 0.2) is 0 Å². The van der Waals surface area contributed by atoms with E-state index in [0.29, 0.717) is 6.42 Å². The van der Waals surface area contributed by atoms with Crippen LogP contribution in [0.1, 0.15) is 96.8 Å². The van der Waals surface area contributed by atoms with E-state index in [9.17, 15) is 13.2 Å². The quantitative estimate of drug-likeness (QED) is 0.362. The SMILES string of the molecule is CCCCCCCCCCCCCCCC(F)(F)F.O. The molecule has 0 aliphatic heterocycles. The van der Waals surface area contributed by atoms with Crippen molar-refractivity contribution < 1.29 is 18.6 Å². The van der Waals surface area contributed by atoms with Crippen LogP contribution in [0, 0.1) is 0 Å². The van der Waals surface area contributed by atoms with Crippen molar-refractivity contribution in [3.63, 3.8) is 0 Å². The van der Waals surface area contributed by atoms with E-state index in [1.165, 1.54) is 57.8 Å². The lowest BCUT2D eigenvalue weighted by atomic mass is 10.0. The molecule has 0 unspecified atom stereocenters. The van der Waals surface area contributed by atoms with Crippen molar-refractivity contribution in [2.75, 3.05) is 0 Å². The van der Waals surface area contributed by atoms with E-state index < -0.39 is 12.6 Å². The predicted molar refractivity (Wildman–Crippen MR) is 80.0 cm³/mol. The normalized spacial score (nSPS) is 11.4. The minimum absolute atomic E-state index is 0. The summed E-state index contributed by atoms with van der Waals surface area (Å²) in [5.41, 5.74) is 0. The molecule has 0 aromatic rings. The molecule has 0 radical (unpaired) electrons. The van der Waals surface area contributed by atoms with Crippen LogP contribution in [0.4, 0.5) is 13.2 Å². The summed E-state index contributed by atoms with van der Waals surface area (Å²) in [4.78, 5) is 0. The first-order chi connectivity index (χ1) is 9.06. The number of hydrogen-bond acceptors (Lipinski definition) is 0. The Morgan fingerprint density at radius 2 is 0.850 bits per heavy atom. The molecule has 0 fully saturated rings. The first-order valence-corrected chi connectivity index (χ1v) is 8.13. The molecule has 124 valence electrons. The lowest BCUT2D eigenvalue weighted by Gasteiger charge is -2.05. The van der Waals surface area contributed by atoms with Crippen LogP contribution < -0.4 is 0 Å². The van der Waals surface area contributed by atoms with Gasteiger partial charge in [-0.15, -0.1) is 0 Å². The van der Waals surface area contributed by atoms with Crippen LogP contribution in [-0.4, -0.2) is 11.7 Å². The Bertz CT molecular complexity index is 181. The van der Waals surface area contributed by atoms with E-state index in [1.54, 1.807) is 0 Å². The molecule has 0 heterocycles. The van der Waals surface area contributed by atoms with Gasteiger partial charge in [0.2, 0.25) is 0 Å². The van der Waals surface area contributed by atoms with Crippen molar-refractivity contribution in [3.8, 4) is 0 Å². The van der Waals surface area contributed by atoms with Gasteiger partial charge in [0, 0.05) is 6.42 Å². The lowest BCUT2D eigenvalue weighted by molar-refractivity contribution is -0.135. The molecule has 0 spiro atoms. The van der Waals surface area contributed by atoms with Crippen LogP contribution in [0.5, 0.6) is 0 Å². The summed E-state index contributed by atoms with van der Waals surface area (Å²) >= 11 is 0. The zero-order valence-electron chi connectivity index (χ0n) is 13.0. The van der Waals surface area contributed by atoms with E-state index in [0.717, 1.165) is 19.3 Å². The van der Waals surface area contributed by atoms with Crippen molar-refractivity contribution >= 4 is 0 Å². The van der Waals surface area contributed by atoms with Gasteiger partial charge in [0.05, 0.1) is 0 Å². The summed E-state index contributed by atoms with van der Waals surface area (Å²) in [6.07, 6.45) is 10.4. The Hall–Kier alpha value is -0.250. The van der Waals surface area contributed by atoms with E-state index in [2.05, 4.69) is 6.92 Å². The molecule has 1 nitrogen and oxygen atoms in total. The van der Waals surface area contributed by atoms with Gasteiger partial charge in [-0.25, -0.2) is 0 Å². The fourth-order valence-electron chi connectivity index (χ4n) is 2.34. The van der Waals surface area contributed by atoms with Crippen molar-refractivity contribution in [3.05, 3.63) is 0 Å². The van der Waals surface area contributed by atoms with Gasteiger partial charge in [0.1, 0.15) is 0 Å². The summed E-state index contributed by atoms with van der Waals surface area (Å²) < 4.78 is 35.6. The van der Waals surface area contributed by atoms with Gasteiger partial charge in [0.15, 0.2) is 0 Å². The third-order valence-corrected chi connectivity index (χ3v) is 3.56. The number of unbranched alkanes of at least 4 members (excludes halogenated alkanes) is 12. The molecule has 20 heavy (non-hydrogen) atoms. The molecule has 0 aliphatic rings. The summed E-state index contributed by atoms with van der Waals surface area (Å²) in [5.74, 6) is 0. The average molecular weight is 298 g/mol. The van der Waals surface area contributed by atoms with Gasteiger partial charge in [-0.1, -0.05) is 84.0 Å². The summed E-state index contributed by atoms with van der Waals surface area (Å²) in [7, 11) is 0. The van der Waals surface area contributed by atoms with Gasteiger partial charge in [-0.05, 0) is 6.42 Å². The Kier molecular flexibility index (Phi) is 16.7. The molecule has 0 aromatic carbocycles. The first-order valence-electron chi connectivity index (χ1n) is 8.13. The zero-order chi connectivity index (χ0) is 14.4. The topological polar surface area (TPSA) is 31.5 Å². The van der Waals surface area contributed by atoms with Crippen LogP contribution in [0.25, 0.3) is 0 Å². The predicted octanol–water partition coefficient (Wildman–Crippen LogP) is 6.21. The molecule has 2 N–H and O–H groups in total. The highest BCUT2D eigenvalue weighted by atomic mass is 19.4. The third-order valence-electron chi connectivity index (χ3n) is 3.56. The Labute approximate surface area is 122 Å². The number of alkyl halides is 3. The molecule has 4 heteroatoms. The lowest BCUT2D eigenvalue weighted by Crippen LogP contribution is -2.06. The molecule has 0 bridgehead atoms. The molecular formula is C16H33F3O. The van der Waals surface area contributed by atoms with E-state index >= 15 is 0 Å². The Balaban J connectivity index is 0. The second-order valence-corrected chi connectivity index (χ2v) is 5.61. The van der Waals surface area contributed by atoms with Gasteiger partial charge >= 0.3 is 6.18 Å². The van der Waals surface area contributed by atoms with Gasteiger partial charge in [-0.2, -0.15) is 13.2 Å². The summed E-state index contributed by atoms with van der Waals surface area (Å²) in [6, 6.07) is 0. The van der Waals surface area contributed by atoms with Crippen LogP contribution >= 0.6 is 0 Å². The number of hydrogen-bond donors (Lipinski definition) is 0. The fraction of sp³-hybridized carbons (Fsp3) is 1.00. The average Bonchev–Trinajstić information content (AvgIpc) is 2.34. The van der Waals surface area contributed by atoms with Gasteiger partial charge in [-0.3, -0.25) is 0 Å². The van der Waals surface area contributed by atoms with E-state index in [1.807, 2.05) is 0 Å². The number of halogens is 3. The van der Waals surface area contributed by atoms with Crippen LogP contribution in [-0.2, 0) is 0 Å². The van der Waals surface area contributed by atoms with E-state index in [-0.39, 0.29) is 5.48 Å². The highest BCUT2D eigenvalue weighted by Gasteiger charge is 2.25. The molecule has 0 rings (SSSR count). The Morgan fingerprint density at radius 3 is 1.15 bits per heavy atom.